The SMILES string of the molecule is CCOC(=O)CC(C)Nc1ccc(C)cc1Br. The summed E-state index contributed by atoms with van der Waals surface area (Å²) in [6.45, 7) is 6.24. The number of carbonyl (C=O) groups is 1. The highest BCUT2D eigenvalue weighted by molar-refractivity contribution is 9.10. The largest absolute Gasteiger partial charge is 0.466 e. The van der Waals surface area contributed by atoms with Crippen LogP contribution in [0, 0.1) is 6.92 Å². The first-order chi connectivity index (χ1) is 8.02. The van der Waals surface area contributed by atoms with E-state index >= 15 is 0 Å². The van der Waals surface area contributed by atoms with Crippen molar-refractivity contribution in [3.05, 3.63) is 28.2 Å². The minimum absolute atomic E-state index is 0.0491. The quantitative estimate of drug-likeness (QED) is 0.846. The average molecular weight is 300 g/mol. The lowest BCUT2D eigenvalue weighted by molar-refractivity contribution is -0.143. The van der Waals surface area contributed by atoms with Gasteiger partial charge in [0.05, 0.1) is 13.0 Å². The molecule has 1 unspecified atom stereocenters. The van der Waals surface area contributed by atoms with Crippen molar-refractivity contribution in [2.24, 2.45) is 0 Å². The second kappa shape index (κ2) is 6.64. The summed E-state index contributed by atoms with van der Waals surface area (Å²) in [5.74, 6) is -0.171. The molecule has 1 aromatic carbocycles. The first kappa shape index (κ1) is 14.0. The number of nitrogens with one attached hydrogen (secondary N) is 1. The average Bonchev–Trinajstić information content (AvgIpc) is 2.22. The monoisotopic (exact) mass is 299 g/mol. The van der Waals surface area contributed by atoms with Gasteiger partial charge in [0.1, 0.15) is 0 Å². The lowest BCUT2D eigenvalue weighted by atomic mass is 10.2. The van der Waals surface area contributed by atoms with Crippen LogP contribution in [0.4, 0.5) is 5.69 Å². The van der Waals surface area contributed by atoms with Crippen molar-refractivity contribution in [3.8, 4) is 0 Å². The Kier molecular flexibility index (Phi) is 5.48. The zero-order valence-corrected chi connectivity index (χ0v) is 12.0. The van der Waals surface area contributed by atoms with E-state index in [4.69, 9.17) is 4.74 Å². The van der Waals surface area contributed by atoms with E-state index in [9.17, 15) is 4.79 Å². The molecule has 0 aliphatic rings. The number of ether oxygens (including phenoxy) is 1. The molecule has 0 saturated heterocycles. The van der Waals surface area contributed by atoms with Gasteiger partial charge in [0.15, 0.2) is 0 Å². The first-order valence-corrected chi connectivity index (χ1v) is 6.50. The Balaban J connectivity index is 2.55. The normalized spacial score (nSPS) is 12.0. The summed E-state index contributed by atoms with van der Waals surface area (Å²) in [5.41, 5.74) is 2.19. The Morgan fingerprint density at radius 2 is 2.24 bits per heavy atom. The molecule has 0 heterocycles. The number of hydrogen-bond acceptors (Lipinski definition) is 3. The van der Waals surface area contributed by atoms with E-state index in [1.54, 1.807) is 0 Å². The van der Waals surface area contributed by atoms with Crippen molar-refractivity contribution < 1.29 is 9.53 Å². The maximum absolute atomic E-state index is 11.3. The van der Waals surface area contributed by atoms with Gasteiger partial charge in [-0.05, 0) is 54.4 Å². The molecule has 0 amide bonds. The summed E-state index contributed by atoms with van der Waals surface area (Å²) in [6.07, 6.45) is 0.369. The molecule has 0 fully saturated rings. The zero-order chi connectivity index (χ0) is 12.8. The molecule has 4 heteroatoms. The molecule has 1 aromatic rings. The standard InChI is InChI=1S/C13H18BrNO2/c1-4-17-13(16)8-10(3)15-12-6-5-9(2)7-11(12)14/h5-7,10,15H,4,8H2,1-3H3. The van der Waals surface area contributed by atoms with Crippen LogP contribution in [0.15, 0.2) is 22.7 Å². The van der Waals surface area contributed by atoms with Gasteiger partial charge in [0, 0.05) is 16.2 Å². The van der Waals surface area contributed by atoms with Crippen LogP contribution in [0.25, 0.3) is 0 Å². The second-order valence-corrected chi connectivity index (χ2v) is 4.89. The van der Waals surface area contributed by atoms with E-state index in [2.05, 4.69) is 21.2 Å². The fraction of sp³-hybridized carbons (Fsp3) is 0.462. The van der Waals surface area contributed by atoms with Crippen molar-refractivity contribution >= 4 is 27.6 Å². The van der Waals surface area contributed by atoms with Crippen LogP contribution in [0.5, 0.6) is 0 Å². The fourth-order valence-electron chi connectivity index (χ4n) is 1.52. The molecule has 1 atom stereocenters. The molecule has 0 aromatic heterocycles. The van der Waals surface area contributed by atoms with Crippen LogP contribution < -0.4 is 5.32 Å². The van der Waals surface area contributed by atoms with Gasteiger partial charge in [-0.2, -0.15) is 0 Å². The number of benzene rings is 1. The second-order valence-electron chi connectivity index (χ2n) is 4.04. The Morgan fingerprint density at radius 3 is 2.82 bits per heavy atom. The first-order valence-electron chi connectivity index (χ1n) is 5.71. The topological polar surface area (TPSA) is 38.3 Å². The lowest BCUT2D eigenvalue weighted by Gasteiger charge is -2.16. The van der Waals surface area contributed by atoms with Gasteiger partial charge in [0.25, 0.3) is 0 Å². The minimum Gasteiger partial charge on any atom is -0.466 e. The van der Waals surface area contributed by atoms with E-state index in [-0.39, 0.29) is 12.0 Å². The molecule has 0 aliphatic heterocycles. The Labute approximate surface area is 111 Å². The number of anilines is 1. The third-order valence-corrected chi connectivity index (χ3v) is 2.96. The number of hydrogen-bond donors (Lipinski definition) is 1. The molecule has 0 saturated carbocycles. The lowest BCUT2D eigenvalue weighted by Crippen LogP contribution is -2.21. The molecular weight excluding hydrogens is 282 g/mol. The van der Waals surface area contributed by atoms with Crippen LogP contribution in [0.1, 0.15) is 25.8 Å². The van der Waals surface area contributed by atoms with E-state index in [0.717, 1.165) is 10.2 Å². The molecular formula is C13H18BrNO2. The maximum Gasteiger partial charge on any atom is 0.307 e. The van der Waals surface area contributed by atoms with Gasteiger partial charge in [-0.25, -0.2) is 0 Å². The van der Waals surface area contributed by atoms with Crippen LogP contribution in [0.2, 0.25) is 0 Å². The van der Waals surface area contributed by atoms with Crippen molar-refractivity contribution in [1.29, 1.82) is 0 Å². The van der Waals surface area contributed by atoms with Crippen molar-refractivity contribution in [2.45, 2.75) is 33.2 Å². The Hall–Kier alpha value is -1.03. The summed E-state index contributed by atoms with van der Waals surface area (Å²) in [5, 5.41) is 3.28. The van der Waals surface area contributed by atoms with Gasteiger partial charge in [-0.15, -0.1) is 0 Å². The summed E-state index contributed by atoms with van der Waals surface area (Å²) in [7, 11) is 0. The summed E-state index contributed by atoms with van der Waals surface area (Å²) >= 11 is 3.49. The smallest absolute Gasteiger partial charge is 0.307 e. The molecule has 1 rings (SSSR count). The van der Waals surface area contributed by atoms with Crippen LogP contribution in [-0.2, 0) is 9.53 Å². The number of halogens is 1. The molecule has 1 N–H and O–H groups in total. The van der Waals surface area contributed by atoms with Crippen LogP contribution >= 0.6 is 15.9 Å². The number of aryl methyl sites for hydroxylation is 1. The third kappa shape index (κ3) is 4.77. The predicted octanol–water partition coefficient (Wildman–Crippen LogP) is 3.51. The maximum atomic E-state index is 11.3. The van der Waals surface area contributed by atoms with Gasteiger partial charge in [-0.1, -0.05) is 6.07 Å². The Bertz CT molecular complexity index is 393. The molecule has 17 heavy (non-hydrogen) atoms. The molecule has 0 radical (unpaired) electrons. The highest BCUT2D eigenvalue weighted by Gasteiger charge is 2.10. The summed E-state index contributed by atoms with van der Waals surface area (Å²) in [4.78, 5) is 11.3. The van der Waals surface area contributed by atoms with E-state index in [1.165, 1.54) is 5.56 Å². The van der Waals surface area contributed by atoms with Gasteiger partial charge in [0.2, 0.25) is 0 Å². The van der Waals surface area contributed by atoms with E-state index in [0.29, 0.717) is 13.0 Å². The van der Waals surface area contributed by atoms with Crippen molar-refractivity contribution in [1.82, 2.24) is 0 Å². The minimum atomic E-state index is -0.171. The zero-order valence-electron chi connectivity index (χ0n) is 10.4. The van der Waals surface area contributed by atoms with Gasteiger partial charge < -0.3 is 10.1 Å². The number of carbonyl (C=O) groups excluding carboxylic acids is 1. The van der Waals surface area contributed by atoms with Crippen LogP contribution in [-0.4, -0.2) is 18.6 Å². The van der Waals surface area contributed by atoms with Crippen molar-refractivity contribution in [3.63, 3.8) is 0 Å². The van der Waals surface area contributed by atoms with Gasteiger partial charge >= 0.3 is 5.97 Å². The van der Waals surface area contributed by atoms with E-state index in [1.807, 2.05) is 39.0 Å². The third-order valence-electron chi connectivity index (χ3n) is 2.30. The summed E-state index contributed by atoms with van der Waals surface area (Å²) < 4.78 is 5.92. The highest BCUT2D eigenvalue weighted by atomic mass is 79.9. The molecule has 0 bridgehead atoms. The van der Waals surface area contributed by atoms with Crippen LogP contribution in [0.3, 0.4) is 0 Å². The molecule has 0 spiro atoms. The fourth-order valence-corrected chi connectivity index (χ4v) is 2.13. The number of esters is 1. The van der Waals surface area contributed by atoms with Gasteiger partial charge in [-0.3, -0.25) is 4.79 Å². The molecule has 0 aliphatic carbocycles. The van der Waals surface area contributed by atoms with Crippen molar-refractivity contribution in [2.75, 3.05) is 11.9 Å². The highest BCUT2D eigenvalue weighted by Crippen LogP contribution is 2.24. The summed E-state index contributed by atoms with van der Waals surface area (Å²) in [6, 6.07) is 6.12. The van der Waals surface area contributed by atoms with E-state index < -0.39 is 0 Å². The Morgan fingerprint density at radius 1 is 1.53 bits per heavy atom. The molecule has 94 valence electrons. The predicted molar refractivity (Wildman–Crippen MR) is 73.2 cm³/mol. The molecule has 3 nitrogen and oxygen atoms in total. The number of rotatable bonds is 5.